The van der Waals surface area contributed by atoms with E-state index in [1.165, 1.54) is 31.5 Å². The van der Waals surface area contributed by atoms with E-state index in [1.807, 2.05) is 42.5 Å². The summed E-state index contributed by atoms with van der Waals surface area (Å²) in [5.74, 6) is 0.747. The summed E-state index contributed by atoms with van der Waals surface area (Å²) in [4.78, 5) is 10.8. The van der Waals surface area contributed by atoms with Crippen molar-refractivity contribution in [2.24, 2.45) is 0 Å². The number of ketones is 1. The highest BCUT2D eigenvalue weighted by Crippen LogP contribution is 2.31. The second-order valence-corrected chi connectivity index (χ2v) is 6.19. The maximum Gasteiger partial charge on any atom is 0.416 e. The zero-order valence-electron chi connectivity index (χ0n) is 15.7. The van der Waals surface area contributed by atoms with Crippen molar-refractivity contribution in [3.63, 3.8) is 0 Å². The number of alkyl halides is 3. The van der Waals surface area contributed by atoms with E-state index in [0.717, 1.165) is 17.4 Å². The fourth-order valence-electron chi connectivity index (χ4n) is 2.45. The van der Waals surface area contributed by atoms with E-state index < -0.39 is 11.7 Å². The first kappa shape index (κ1) is 21.2. The van der Waals surface area contributed by atoms with Crippen LogP contribution in [0.2, 0.25) is 0 Å². The predicted octanol–water partition coefficient (Wildman–Crippen LogP) is 6.34. The Labute approximate surface area is 162 Å². The molecule has 28 heavy (non-hydrogen) atoms. The molecule has 0 unspecified atom stereocenters. The van der Waals surface area contributed by atoms with Crippen molar-refractivity contribution >= 4 is 5.78 Å². The topological polar surface area (TPSA) is 26.3 Å². The molecule has 0 aromatic heterocycles. The molecule has 0 N–H and O–H groups in total. The summed E-state index contributed by atoms with van der Waals surface area (Å²) >= 11 is 0. The number of benzene rings is 3. The van der Waals surface area contributed by atoms with Gasteiger partial charge in [0.25, 0.3) is 0 Å². The lowest BCUT2D eigenvalue weighted by molar-refractivity contribution is -0.138. The van der Waals surface area contributed by atoms with Gasteiger partial charge < -0.3 is 4.74 Å². The van der Waals surface area contributed by atoms with Crippen molar-refractivity contribution in [2.75, 3.05) is 6.61 Å². The molecule has 0 saturated heterocycles. The minimum atomic E-state index is -4.22. The molecule has 3 rings (SSSR count). The van der Waals surface area contributed by atoms with Gasteiger partial charge in [0.15, 0.2) is 5.78 Å². The maximum atomic E-state index is 12.0. The average Bonchev–Trinajstić information content (AvgIpc) is 2.67. The van der Waals surface area contributed by atoms with Gasteiger partial charge in [-0.2, -0.15) is 13.2 Å². The molecule has 0 aliphatic carbocycles. The van der Waals surface area contributed by atoms with Crippen molar-refractivity contribution in [1.82, 2.24) is 0 Å². The van der Waals surface area contributed by atoms with Crippen LogP contribution in [-0.4, -0.2) is 12.4 Å². The van der Waals surface area contributed by atoms with E-state index in [0.29, 0.717) is 0 Å². The van der Waals surface area contributed by atoms with Crippen molar-refractivity contribution in [2.45, 2.75) is 20.0 Å². The lowest BCUT2D eigenvalue weighted by Crippen LogP contribution is -2.06. The number of hydrogen-bond donors (Lipinski definition) is 0. The third-order valence-corrected chi connectivity index (χ3v) is 3.85. The van der Waals surface area contributed by atoms with Crippen LogP contribution in [0, 0.1) is 6.92 Å². The van der Waals surface area contributed by atoms with Crippen LogP contribution in [0.4, 0.5) is 13.2 Å². The van der Waals surface area contributed by atoms with Gasteiger partial charge in [-0.05, 0) is 48.7 Å². The number of halogens is 3. The number of carbonyl (C=O) groups is 1. The Morgan fingerprint density at radius 3 is 1.86 bits per heavy atom. The molecule has 0 radical (unpaired) electrons. The van der Waals surface area contributed by atoms with E-state index >= 15 is 0 Å². The van der Waals surface area contributed by atoms with E-state index in [-0.39, 0.29) is 18.0 Å². The van der Waals surface area contributed by atoms with Crippen LogP contribution in [0.1, 0.15) is 18.1 Å². The molecule has 0 heterocycles. The third kappa shape index (κ3) is 6.58. The molecule has 0 amide bonds. The Bertz CT molecular complexity index is 886. The van der Waals surface area contributed by atoms with Gasteiger partial charge in [-0.15, -0.1) is 0 Å². The van der Waals surface area contributed by atoms with Crippen molar-refractivity contribution in [3.05, 3.63) is 90.0 Å². The number of ether oxygens (including phenoxy) is 1. The molecule has 0 aliphatic rings. The van der Waals surface area contributed by atoms with Crippen molar-refractivity contribution < 1.29 is 22.7 Å². The minimum Gasteiger partial charge on any atom is -0.486 e. The van der Waals surface area contributed by atoms with E-state index in [2.05, 4.69) is 12.1 Å². The molecule has 3 aromatic rings. The lowest BCUT2D eigenvalue weighted by Gasteiger charge is -2.08. The highest BCUT2D eigenvalue weighted by Gasteiger charge is 2.31. The predicted molar refractivity (Wildman–Crippen MR) is 104 cm³/mol. The lowest BCUT2D eigenvalue weighted by atomic mass is 10.1. The fourth-order valence-corrected chi connectivity index (χ4v) is 2.45. The number of Topliss-reactive ketones (excluding diaryl/α,β-unsaturated/α-hetero) is 1. The van der Waals surface area contributed by atoms with Gasteiger partial charge >= 0.3 is 6.18 Å². The van der Waals surface area contributed by atoms with Crippen LogP contribution in [0.15, 0.2) is 78.9 Å². The Balaban J connectivity index is 0.000000221. The monoisotopic (exact) mass is 386 g/mol. The molecule has 5 heteroatoms. The summed E-state index contributed by atoms with van der Waals surface area (Å²) in [5.41, 5.74) is 2.02. The zero-order chi connectivity index (χ0) is 20.6. The van der Waals surface area contributed by atoms with Crippen LogP contribution >= 0.6 is 0 Å². The van der Waals surface area contributed by atoms with Crippen LogP contribution in [0.5, 0.6) is 5.75 Å². The first-order valence-corrected chi connectivity index (χ1v) is 8.68. The summed E-state index contributed by atoms with van der Waals surface area (Å²) < 4.78 is 41.5. The number of rotatable bonds is 4. The molecular weight excluding hydrogens is 365 g/mol. The Morgan fingerprint density at radius 1 is 0.821 bits per heavy atom. The SMILES string of the molecule is CC(=O)COc1ccc(-c2ccccc2)cc1.Cc1ccccc1C(F)(F)F. The van der Waals surface area contributed by atoms with E-state index in [9.17, 15) is 18.0 Å². The summed E-state index contributed by atoms with van der Waals surface area (Å²) in [6.07, 6.45) is -4.22. The first-order valence-electron chi connectivity index (χ1n) is 8.68. The molecule has 0 spiro atoms. The smallest absolute Gasteiger partial charge is 0.416 e. The van der Waals surface area contributed by atoms with Gasteiger partial charge in [-0.1, -0.05) is 60.7 Å². The molecular formula is C23H21F3O2. The molecule has 0 saturated carbocycles. The molecule has 0 fully saturated rings. The number of hydrogen-bond acceptors (Lipinski definition) is 2. The minimum absolute atomic E-state index is 0.0251. The van der Waals surface area contributed by atoms with Crippen LogP contribution in [0.3, 0.4) is 0 Å². The molecule has 0 aliphatic heterocycles. The van der Waals surface area contributed by atoms with Crippen molar-refractivity contribution in [3.8, 4) is 16.9 Å². The Morgan fingerprint density at radius 2 is 1.36 bits per heavy atom. The van der Waals surface area contributed by atoms with Crippen LogP contribution < -0.4 is 4.74 Å². The second-order valence-electron chi connectivity index (χ2n) is 6.19. The third-order valence-electron chi connectivity index (χ3n) is 3.85. The van der Waals surface area contributed by atoms with Gasteiger partial charge in [0.2, 0.25) is 0 Å². The summed E-state index contributed by atoms with van der Waals surface area (Å²) in [7, 11) is 0. The molecule has 2 nitrogen and oxygen atoms in total. The standard InChI is InChI=1S/C15H14O2.C8H7F3/c1-12(16)11-17-15-9-7-14(8-10-15)13-5-3-2-4-6-13;1-6-4-2-3-5-7(6)8(9,10)11/h2-10H,11H2,1H3;2-5H,1H3. The van der Waals surface area contributed by atoms with Crippen LogP contribution in [-0.2, 0) is 11.0 Å². The summed E-state index contributed by atoms with van der Waals surface area (Å²) in [5, 5.41) is 0. The Hall–Kier alpha value is -3.08. The fraction of sp³-hybridized carbons (Fsp3) is 0.174. The summed E-state index contributed by atoms with van der Waals surface area (Å²) in [6, 6.07) is 23.4. The van der Waals surface area contributed by atoms with Gasteiger partial charge in [-0.25, -0.2) is 0 Å². The quantitative estimate of drug-likeness (QED) is 0.523. The normalized spacial score (nSPS) is 10.6. The van der Waals surface area contributed by atoms with Gasteiger partial charge in [0.1, 0.15) is 12.4 Å². The zero-order valence-corrected chi connectivity index (χ0v) is 15.7. The van der Waals surface area contributed by atoms with Gasteiger partial charge in [-0.3, -0.25) is 4.79 Å². The van der Waals surface area contributed by atoms with Gasteiger partial charge in [0.05, 0.1) is 5.56 Å². The average molecular weight is 386 g/mol. The second kappa shape index (κ2) is 9.74. The summed E-state index contributed by atoms with van der Waals surface area (Å²) in [6.45, 7) is 3.09. The molecule has 146 valence electrons. The Kier molecular flexibility index (Phi) is 7.38. The number of carbonyl (C=O) groups excluding carboxylic acids is 1. The van der Waals surface area contributed by atoms with Crippen LogP contribution in [0.25, 0.3) is 11.1 Å². The van der Waals surface area contributed by atoms with E-state index in [4.69, 9.17) is 4.74 Å². The first-order chi connectivity index (χ1) is 13.3. The van der Waals surface area contributed by atoms with E-state index in [1.54, 1.807) is 6.07 Å². The maximum absolute atomic E-state index is 12.0. The highest BCUT2D eigenvalue weighted by molar-refractivity contribution is 5.77. The highest BCUT2D eigenvalue weighted by atomic mass is 19.4. The van der Waals surface area contributed by atoms with Crippen molar-refractivity contribution in [1.29, 1.82) is 0 Å². The van der Waals surface area contributed by atoms with Gasteiger partial charge in [0, 0.05) is 0 Å². The molecule has 3 aromatic carbocycles. The number of aryl methyl sites for hydroxylation is 1. The largest absolute Gasteiger partial charge is 0.486 e. The molecule has 0 atom stereocenters. The molecule has 0 bridgehead atoms.